The lowest BCUT2D eigenvalue weighted by atomic mass is 10.1. The van der Waals surface area contributed by atoms with Crippen molar-refractivity contribution in [2.75, 3.05) is 48.1 Å². The van der Waals surface area contributed by atoms with Gasteiger partial charge in [-0.3, -0.25) is 10.1 Å². The van der Waals surface area contributed by atoms with Crippen molar-refractivity contribution in [2.24, 2.45) is 0 Å². The van der Waals surface area contributed by atoms with E-state index in [2.05, 4.69) is 133 Å². The van der Waals surface area contributed by atoms with Gasteiger partial charge in [-0.1, -0.05) is 249 Å². The van der Waals surface area contributed by atoms with Crippen LogP contribution in [0, 0.1) is 10.1 Å². The van der Waals surface area contributed by atoms with Gasteiger partial charge in [0.25, 0.3) is 5.69 Å². The van der Waals surface area contributed by atoms with Gasteiger partial charge in [-0.25, -0.2) is 0 Å². The summed E-state index contributed by atoms with van der Waals surface area (Å²) in [7, 11) is 1.63. The Labute approximate surface area is 825 Å². The molecule has 0 atom stereocenters. The van der Waals surface area contributed by atoms with Crippen molar-refractivity contribution in [1.82, 2.24) is 0 Å². The lowest BCUT2D eigenvalue weighted by Gasteiger charge is -2.28. The van der Waals surface area contributed by atoms with Gasteiger partial charge in [0.1, 0.15) is 155 Å². The van der Waals surface area contributed by atoms with Crippen molar-refractivity contribution in [2.45, 2.75) is 120 Å². The quantitative estimate of drug-likeness (QED) is 0.0199. The number of nitro benzene ring substituents is 1. The van der Waals surface area contributed by atoms with Gasteiger partial charge in [-0.15, -0.1) is 0 Å². The Morgan fingerprint density at radius 1 is 0.234 bits per heavy atom. The number of rotatable bonds is 53. The lowest BCUT2D eigenvalue weighted by Crippen LogP contribution is -2.24. The van der Waals surface area contributed by atoms with E-state index in [9.17, 15) is 10.1 Å². The zero-order chi connectivity index (χ0) is 97.0. The Kier molecular flexibility index (Phi) is 34.8. The summed E-state index contributed by atoms with van der Waals surface area (Å²) in [5, 5.41) is 11.8. The first-order valence-electron chi connectivity index (χ1n) is 47.5. The van der Waals surface area contributed by atoms with Gasteiger partial charge < -0.3 is 81.0 Å². The van der Waals surface area contributed by atoms with Gasteiger partial charge in [0.05, 0.1) is 29.1 Å². The average molecular weight is 1880 g/mol. The van der Waals surface area contributed by atoms with Gasteiger partial charge in [0.15, 0.2) is 11.5 Å². The Hall–Kier alpha value is -16.7. The zero-order valence-corrected chi connectivity index (χ0v) is 79.9. The zero-order valence-electron chi connectivity index (χ0n) is 79.9. The topological polar surface area (TPSA) is 182 Å². The SMILES string of the molecule is C=CCOc1ccc(COc2ccc(COc3ccc(COc4ccc(COc5ccc([N+](=O)[O-])cc5)cc4N(CC)Cc4cc(OCc5cc(OCc6ccccc6)cc(OCc6ccccc6)c5)cc(OCc5cc(OCc6ccccc6)cc(OCc6ccccc6)c5)c4)cc3N(CC)Cc3cc(OCc4ccccc4)cc(OCc4ccccc4)c3)cc2N(CC)Cc2ccccc2)cc1OC. The maximum Gasteiger partial charge on any atom is 0.269 e. The Morgan fingerprint density at radius 3 is 0.752 bits per heavy atom. The summed E-state index contributed by atoms with van der Waals surface area (Å²) >= 11 is 0. The van der Waals surface area contributed by atoms with Crippen LogP contribution in [0.25, 0.3) is 0 Å². The highest BCUT2D eigenvalue weighted by Gasteiger charge is 2.23. The van der Waals surface area contributed by atoms with Crippen molar-refractivity contribution in [1.29, 1.82) is 0 Å². The summed E-state index contributed by atoms with van der Waals surface area (Å²) < 4.78 is 92.6. The van der Waals surface area contributed by atoms with Crippen LogP contribution >= 0.6 is 0 Å². The molecule has 0 radical (unpaired) electrons. The Morgan fingerprint density at radius 2 is 0.475 bits per heavy atom. The van der Waals surface area contributed by atoms with Gasteiger partial charge in [-0.05, 0) is 213 Å². The highest BCUT2D eigenvalue weighted by molar-refractivity contribution is 5.65. The monoisotopic (exact) mass is 1880 g/mol. The first-order chi connectivity index (χ1) is 69.3. The minimum Gasteiger partial charge on any atom is -0.493 e. The Bertz CT molecular complexity index is 6330. The van der Waals surface area contributed by atoms with E-state index in [1.165, 1.54) is 12.1 Å². The molecule has 716 valence electrons. The average Bonchev–Trinajstić information content (AvgIpc) is 0.794. The molecule has 0 saturated carbocycles. The van der Waals surface area contributed by atoms with Gasteiger partial charge in [-0.2, -0.15) is 0 Å². The molecule has 0 aliphatic carbocycles. The molecule has 16 rings (SSSR count). The maximum atomic E-state index is 11.8. The van der Waals surface area contributed by atoms with Crippen molar-refractivity contribution >= 4 is 22.7 Å². The van der Waals surface area contributed by atoms with E-state index in [0.717, 1.165) is 101 Å². The van der Waals surface area contributed by atoms with E-state index in [0.29, 0.717) is 166 Å². The number of benzene rings is 16. The number of hydrogen-bond donors (Lipinski definition) is 0. The number of methoxy groups -OCH3 is 1. The minimum absolute atomic E-state index is 0.0417. The fraction of sp³-hybridized carbons (Fsp3) is 0.190. The highest BCUT2D eigenvalue weighted by Crippen LogP contribution is 2.41. The van der Waals surface area contributed by atoms with E-state index in [1.54, 1.807) is 25.3 Å². The van der Waals surface area contributed by atoms with Crippen LogP contribution in [0.3, 0.4) is 0 Å². The number of hydrogen-bond acceptors (Lipinski definition) is 19. The van der Waals surface area contributed by atoms with E-state index in [4.69, 9.17) is 66.3 Å². The predicted octanol–water partition coefficient (Wildman–Crippen LogP) is 27.2. The van der Waals surface area contributed by atoms with Crippen LogP contribution in [0.4, 0.5) is 22.7 Å². The van der Waals surface area contributed by atoms with E-state index in [-0.39, 0.29) is 45.3 Å². The molecule has 0 aliphatic heterocycles. The molecule has 141 heavy (non-hydrogen) atoms. The fourth-order valence-corrected chi connectivity index (χ4v) is 16.1. The third kappa shape index (κ3) is 29.2. The van der Waals surface area contributed by atoms with Crippen LogP contribution in [0.2, 0.25) is 0 Å². The van der Waals surface area contributed by atoms with Gasteiger partial charge in [0, 0.05) is 75.7 Å². The molecule has 0 fully saturated rings. The minimum atomic E-state index is -0.426. The third-order valence-electron chi connectivity index (χ3n) is 23.5. The van der Waals surface area contributed by atoms with Crippen molar-refractivity contribution in [3.63, 3.8) is 0 Å². The predicted molar refractivity (Wildman–Crippen MR) is 554 cm³/mol. The molecule has 16 aromatic rings. The summed E-state index contributed by atoms with van der Waals surface area (Å²) in [4.78, 5) is 18.3. The van der Waals surface area contributed by atoms with Crippen LogP contribution in [0.1, 0.15) is 104 Å². The summed E-state index contributed by atoms with van der Waals surface area (Å²) in [5.74, 6) is 8.54. The standard InChI is InChI=1S/C121H116N4O16/c1-6-57-129-120-56-48-99(69-121(120)128-5)86-141-117-54-46-97(67-114(117)122(7-2)74-89-31-17-10-18-32-89)84-140-119-55-47-98(68-116(119)124(9-4)75-100-58-106(131-77-90-33-19-11-20-34-90)70-107(59-100)132-78-91-35-21-12-22-36-91)85-139-118-53-45-96(83-130-105-51-49-104(50-52-105)125(126)127)66-115(118)123(8-3)76-101-60-108(137-87-102-62-110(133-79-92-37-23-13-24-38-92)72-111(63-102)134-80-93-39-25-14-26-40-93)71-109(61-101)138-88-103-64-112(135-81-94-41-27-15-28-42-94)73-113(65-103)136-82-95-43-29-16-30-44-95/h6,10-56,58-73H,1,7-9,57,74-88H2,2-5H3. The number of anilines is 3. The second kappa shape index (κ2) is 50.4. The van der Waals surface area contributed by atoms with E-state index < -0.39 is 4.92 Å². The first kappa shape index (κ1) is 97.3. The number of ether oxygens (including phenoxy) is 14. The largest absolute Gasteiger partial charge is 0.493 e. The highest BCUT2D eigenvalue weighted by atomic mass is 16.6. The normalized spacial score (nSPS) is 10.9. The molecule has 0 aliphatic rings. The number of nitrogens with zero attached hydrogens (tertiary/aromatic N) is 4. The molecule has 16 aromatic carbocycles. The van der Waals surface area contributed by atoms with E-state index >= 15 is 0 Å². The van der Waals surface area contributed by atoms with Crippen LogP contribution in [-0.2, 0) is 98.9 Å². The van der Waals surface area contributed by atoms with Crippen molar-refractivity contribution < 1.29 is 71.2 Å². The summed E-state index contributed by atoms with van der Waals surface area (Å²) in [6.45, 7) is 16.8. The van der Waals surface area contributed by atoms with E-state index in [1.807, 2.05) is 267 Å². The first-order valence-corrected chi connectivity index (χ1v) is 47.5. The number of nitro groups is 1. The second-order valence-electron chi connectivity index (χ2n) is 33.9. The smallest absolute Gasteiger partial charge is 0.269 e. The molecule has 0 bridgehead atoms. The fourth-order valence-electron chi connectivity index (χ4n) is 16.1. The molecule has 0 spiro atoms. The summed E-state index contributed by atoms with van der Waals surface area (Å²) in [6.07, 6.45) is 1.70. The molecule has 0 unspecified atom stereocenters. The molecular weight excluding hydrogens is 1770 g/mol. The van der Waals surface area contributed by atoms with Gasteiger partial charge in [0.2, 0.25) is 0 Å². The third-order valence-corrected chi connectivity index (χ3v) is 23.5. The van der Waals surface area contributed by atoms with Crippen molar-refractivity contribution in [3.8, 4) is 80.5 Å². The van der Waals surface area contributed by atoms with Gasteiger partial charge >= 0.3 is 0 Å². The van der Waals surface area contributed by atoms with Crippen LogP contribution in [0.15, 0.2) is 395 Å². The molecule has 0 saturated heterocycles. The maximum absolute atomic E-state index is 11.8. The molecule has 0 heterocycles. The lowest BCUT2D eigenvalue weighted by molar-refractivity contribution is -0.384. The molecule has 20 heteroatoms. The molecule has 0 aromatic heterocycles. The van der Waals surface area contributed by atoms with Crippen LogP contribution < -0.4 is 81.0 Å². The van der Waals surface area contributed by atoms with Crippen molar-refractivity contribution in [3.05, 3.63) is 488 Å². The second-order valence-corrected chi connectivity index (χ2v) is 33.9. The molecular formula is C121H116N4O16. The van der Waals surface area contributed by atoms with Crippen LogP contribution in [-0.4, -0.2) is 38.3 Å². The molecule has 0 N–H and O–H groups in total. The number of non-ortho nitro benzene ring substituents is 1. The van der Waals surface area contributed by atoms with Crippen LogP contribution in [0.5, 0.6) is 80.5 Å². The Balaban J connectivity index is 0.741. The molecule has 20 nitrogen and oxygen atoms in total. The summed E-state index contributed by atoms with van der Waals surface area (Å²) in [6, 6.07) is 125. The molecule has 0 amide bonds. The summed E-state index contributed by atoms with van der Waals surface area (Å²) in [5.41, 5.74) is 16.7.